The van der Waals surface area contributed by atoms with Crippen molar-refractivity contribution in [3.63, 3.8) is 0 Å². The van der Waals surface area contributed by atoms with Gasteiger partial charge in [0.1, 0.15) is 5.75 Å². The maximum Gasteiger partial charge on any atom is 0.262 e. The van der Waals surface area contributed by atoms with Crippen LogP contribution in [0.4, 0.5) is 5.69 Å². The summed E-state index contributed by atoms with van der Waals surface area (Å²) in [7, 11) is 1.56. The van der Waals surface area contributed by atoms with Crippen LogP contribution in [0.1, 0.15) is 51.4 Å². The molecule has 1 aromatic rings. The first-order valence-electron chi connectivity index (χ1n) is 12.0. The number of hydrogen-bond donors (Lipinski definition) is 2. The molecule has 0 radical (unpaired) electrons. The highest BCUT2D eigenvalue weighted by Crippen LogP contribution is 2.60. The average Bonchev–Trinajstić information content (AvgIpc) is 2.79. The lowest BCUT2D eigenvalue weighted by Crippen LogP contribution is -2.53. The van der Waals surface area contributed by atoms with Crippen molar-refractivity contribution in [3.05, 3.63) is 24.3 Å². The van der Waals surface area contributed by atoms with Gasteiger partial charge in [-0.1, -0.05) is 12.1 Å². The highest BCUT2D eigenvalue weighted by Gasteiger charge is 2.54. The van der Waals surface area contributed by atoms with Crippen LogP contribution >= 0.6 is 0 Å². The summed E-state index contributed by atoms with van der Waals surface area (Å²) in [6, 6.07) is 7.29. The van der Waals surface area contributed by atoms with Gasteiger partial charge in [-0.2, -0.15) is 0 Å². The van der Waals surface area contributed by atoms with Crippen molar-refractivity contribution in [2.45, 2.75) is 57.5 Å². The summed E-state index contributed by atoms with van der Waals surface area (Å²) in [6.07, 6.45) is 7.28. The molecule has 1 aliphatic heterocycles. The maximum absolute atomic E-state index is 13.1. The van der Waals surface area contributed by atoms with Gasteiger partial charge >= 0.3 is 0 Å². The van der Waals surface area contributed by atoms with Gasteiger partial charge in [0.15, 0.2) is 6.10 Å². The largest absolute Gasteiger partial charge is 0.477 e. The van der Waals surface area contributed by atoms with E-state index in [0.717, 1.165) is 37.0 Å². The lowest BCUT2D eigenvalue weighted by atomic mass is 9.49. The fourth-order valence-corrected chi connectivity index (χ4v) is 6.92. The second-order valence-corrected chi connectivity index (χ2v) is 10.3. The number of carbonyl (C=O) groups excluding carboxylic acids is 3. The van der Waals surface area contributed by atoms with E-state index in [2.05, 4.69) is 10.6 Å². The molecule has 7 heteroatoms. The summed E-state index contributed by atoms with van der Waals surface area (Å²) in [6.45, 7) is 0.701. The molecule has 0 aromatic heterocycles. The number of amides is 3. The molecule has 4 aliphatic carbocycles. The number of anilines is 1. The van der Waals surface area contributed by atoms with Crippen LogP contribution in [0.15, 0.2) is 24.3 Å². The van der Waals surface area contributed by atoms with E-state index in [-0.39, 0.29) is 29.7 Å². The van der Waals surface area contributed by atoms with Crippen molar-refractivity contribution in [2.24, 2.45) is 23.2 Å². The predicted molar refractivity (Wildman–Crippen MR) is 120 cm³/mol. The Morgan fingerprint density at radius 3 is 2.38 bits per heavy atom. The molecule has 1 heterocycles. The van der Waals surface area contributed by atoms with E-state index in [9.17, 15) is 14.4 Å². The zero-order valence-electron chi connectivity index (χ0n) is 18.8. The van der Waals surface area contributed by atoms with Gasteiger partial charge in [0, 0.05) is 25.4 Å². The molecule has 3 amide bonds. The number of hydrogen-bond acceptors (Lipinski definition) is 4. The van der Waals surface area contributed by atoms with Gasteiger partial charge in [0.25, 0.3) is 5.91 Å². The zero-order chi connectivity index (χ0) is 22.3. The summed E-state index contributed by atoms with van der Waals surface area (Å²) >= 11 is 0. The first-order chi connectivity index (χ1) is 15.5. The monoisotopic (exact) mass is 439 g/mol. The van der Waals surface area contributed by atoms with Crippen molar-refractivity contribution in [3.8, 4) is 5.75 Å². The lowest BCUT2D eigenvalue weighted by Gasteiger charge is -2.55. The van der Waals surface area contributed by atoms with E-state index in [1.54, 1.807) is 18.0 Å². The minimum Gasteiger partial charge on any atom is -0.477 e. The van der Waals surface area contributed by atoms with Gasteiger partial charge in [-0.3, -0.25) is 14.4 Å². The second-order valence-electron chi connectivity index (χ2n) is 10.3. The fourth-order valence-electron chi connectivity index (χ4n) is 6.92. The Morgan fingerprint density at radius 2 is 1.72 bits per heavy atom. The molecular weight excluding hydrogens is 406 g/mol. The van der Waals surface area contributed by atoms with E-state index in [1.807, 2.05) is 18.2 Å². The van der Waals surface area contributed by atoms with Crippen LogP contribution in [0, 0.1) is 23.2 Å². The molecule has 0 saturated heterocycles. The Balaban J connectivity index is 1.16. The SMILES string of the molecule is CNC(=O)C1CN(C(=O)CCCNC(=O)C23CC4CC(CC(C4)C2)C3)c2ccccc2O1. The lowest BCUT2D eigenvalue weighted by molar-refractivity contribution is -0.146. The number of nitrogens with zero attached hydrogens (tertiary/aromatic N) is 1. The highest BCUT2D eigenvalue weighted by molar-refractivity contribution is 5.97. The van der Waals surface area contributed by atoms with Gasteiger partial charge in [-0.05, 0) is 74.8 Å². The first kappa shape index (κ1) is 21.3. The van der Waals surface area contributed by atoms with Gasteiger partial charge in [-0.25, -0.2) is 0 Å². The van der Waals surface area contributed by atoms with E-state index < -0.39 is 6.10 Å². The average molecular weight is 440 g/mol. The van der Waals surface area contributed by atoms with Crippen LogP contribution in [-0.4, -0.2) is 44.0 Å². The van der Waals surface area contributed by atoms with E-state index >= 15 is 0 Å². The minimum atomic E-state index is -0.727. The number of para-hydroxylation sites is 2. The molecule has 1 aromatic carbocycles. The van der Waals surface area contributed by atoms with Gasteiger partial charge < -0.3 is 20.3 Å². The summed E-state index contributed by atoms with van der Waals surface area (Å²) in [5, 5.41) is 5.75. The molecule has 5 aliphatic rings. The second kappa shape index (κ2) is 8.41. The van der Waals surface area contributed by atoms with Crippen molar-refractivity contribution >= 4 is 23.4 Å². The normalized spacial score (nSPS) is 32.1. The number of benzene rings is 1. The molecule has 32 heavy (non-hydrogen) atoms. The van der Waals surface area contributed by atoms with Crippen molar-refractivity contribution in [1.29, 1.82) is 0 Å². The Hall–Kier alpha value is -2.57. The van der Waals surface area contributed by atoms with Gasteiger partial charge in [-0.15, -0.1) is 0 Å². The van der Waals surface area contributed by atoms with Crippen LogP contribution in [-0.2, 0) is 14.4 Å². The third kappa shape index (κ3) is 3.86. The van der Waals surface area contributed by atoms with Gasteiger partial charge in [0.2, 0.25) is 11.8 Å². The number of ether oxygens (including phenoxy) is 1. The molecule has 6 rings (SSSR count). The molecular formula is C25H33N3O4. The molecule has 2 N–H and O–H groups in total. The van der Waals surface area contributed by atoms with Crippen molar-refractivity contribution in [1.82, 2.24) is 10.6 Å². The fraction of sp³-hybridized carbons (Fsp3) is 0.640. The summed E-state index contributed by atoms with van der Waals surface area (Å²) < 4.78 is 5.78. The van der Waals surface area contributed by atoms with E-state index in [4.69, 9.17) is 4.74 Å². The van der Waals surface area contributed by atoms with Gasteiger partial charge in [0.05, 0.1) is 12.2 Å². The van der Waals surface area contributed by atoms with E-state index in [1.165, 1.54) is 19.3 Å². The zero-order valence-corrected chi connectivity index (χ0v) is 18.8. The topological polar surface area (TPSA) is 87.7 Å². The molecule has 0 spiro atoms. The summed E-state index contributed by atoms with van der Waals surface area (Å²) in [4.78, 5) is 39.9. The van der Waals surface area contributed by atoms with Crippen LogP contribution in [0.2, 0.25) is 0 Å². The standard InChI is InChI=1S/C25H33N3O4/c1-26-23(30)21-15-28(19-5-2-3-6-20(19)32-21)22(29)7-4-8-27-24(31)25-12-16-9-17(13-25)11-18(10-16)14-25/h2-3,5-6,16-18,21H,4,7-15H2,1H3,(H,26,30)(H,27,31). The number of fused-ring (bicyclic) bond motifs is 1. The number of carbonyl (C=O) groups is 3. The molecule has 1 atom stereocenters. The Bertz CT molecular complexity index is 879. The Labute approximate surface area is 189 Å². The minimum absolute atomic E-state index is 0.0568. The van der Waals surface area contributed by atoms with Crippen LogP contribution < -0.4 is 20.3 Å². The quantitative estimate of drug-likeness (QED) is 0.667. The predicted octanol–water partition coefficient (Wildman–Crippen LogP) is 2.64. The Kier molecular flexibility index (Phi) is 5.59. The van der Waals surface area contributed by atoms with Crippen LogP contribution in [0.25, 0.3) is 0 Å². The Morgan fingerprint density at radius 1 is 1.06 bits per heavy atom. The molecule has 7 nitrogen and oxygen atoms in total. The van der Waals surface area contributed by atoms with E-state index in [0.29, 0.717) is 30.8 Å². The summed E-state index contributed by atoms with van der Waals surface area (Å²) in [5.74, 6) is 2.66. The number of nitrogens with one attached hydrogen (secondary N) is 2. The number of rotatable bonds is 6. The smallest absolute Gasteiger partial charge is 0.262 e. The molecule has 4 saturated carbocycles. The third-order valence-electron chi connectivity index (χ3n) is 7.99. The van der Waals surface area contributed by atoms with Crippen molar-refractivity contribution < 1.29 is 19.1 Å². The first-order valence-corrected chi connectivity index (χ1v) is 12.0. The van der Waals surface area contributed by atoms with Crippen LogP contribution in [0.3, 0.4) is 0 Å². The molecule has 4 fully saturated rings. The molecule has 4 bridgehead atoms. The number of likely N-dealkylation sites (N-methyl/N-ethyl adjacent to an activating group) is 1. The third-order valence-corrected chi connectivity index (χ3v) is 7.99. The molecule has 172 valence electrons. The maximum atomic E-state index is 13.1. The van der Waals surface area contributed by atoms with Crippen LogP contribution in [0.5, 0.6) is 5.75 Å². The highest BCUT2D eigenvalue weighted by atomic mass is 16.5. The van der Waals surface area contributed by atoms with Crippen molar-refractivity contribution in [2.75, 3.05) is 25.0 Å². The molecule has 1 unspecified atom stereocenters. The summed E-state index contributed by atoms with van der Waals surface area (Å²) in [5.41, 5.74) is 0.540.